The van der Waals surface area contributed by atoms with E-state index in [0.717, 1.165) is 15.4 Å². The number of hydrogen-bond donors (Lipinski definition) is 0. The molecule has 3 nitrogen and oxygen atoms in total. The van der Waals surface area contributed by atoms with Crippen molar-refractivity contribution < 1.29 is 13.6 Å². The minimum Gasteiger partial charge on any atom is -0.335 e. The van der Waals surface area contributed by atoms with Crippen LogP contribution < -0.4 is 0 Å². The summed E-state index contributed by atoms with van der Waals surface area (Å²) in [6.45, 7) is 2.75. The summed E-state index contributed by atoms with van der Waals surface area (Å²) in [5.74, 6) is -3.74. The van der Waals surface area contributed by atoms with Gasteiger partial charge in [0.2, 0.25) is 0 Å². The lowest BCUT2D eigenvalue weighted by molar-refractivity contribution is -0.0285. The Kier molecular flexibility index (Phi) is 7.36. The molecule has 4 aromatic rings. The van der Waals surface area contributed by atoms with Crippen molar-refractivity contribution >= 4 is 51.8 Å². The van der Waals surface area contributed by atoms with E-state index in [1.165, 1.54) is 24.9 Å². The summed E-state index contributed by atoms with van der Waals surface area (Å²) < 4.78 is 30.6. The number of benzene rings is 3. The highest BCUT2D eigenvalue weighted by atomic mass is 35.5. The number of likely N-dealkylation sites (N-methyl/N-ethyl adjacent to an activating group) is 1. The third-order valence-electron chi connectivity index (χ3n) is 5.63. The van der Waals surface area contributed by atoms with E-state index in [1.54, 1.807) is 61.7 Å². The van der Waals surface area contributed by atoms with E-state index >= 15 is 8.78 Å². The van der Waals surface area contributed by atoms with Crippen LogP contribution in [0.25, 0.3) is 10.9 Å². The van der Waals surface area contributed by atoms with Gasteiger partial charge in [-0.15, -0.1) is 0 Å². The Labute approximate surface area is 217 Å². The molecule has 0 aliphatic rings. The third-order valence-corrected chi connectivity index (χ3v) is 7.39. The Morgan fingerprint density at radius 3 is 2.49 bits per heavy atom. The number of alkyl halides is 2. The number of nitrogens with zero attached hydrogens (tertiary/aromatic N) is 2. The molecule has 1 amide bonds. The normalized spacial score (nSPS) is 11.6. The second kappa shape index (κ2) is 10.1. The minimum absolute atomic E-state index is 0.0901. The number of halogens is 4. The molecule has 0 N–H and O–H groups in total. The number of pyridine rings is 1. The molecular formula is C27H22Cl2F2N2OS. The highest BCUT2D eigenvalue weighted by Gasteiger charge is 2.36. The van der Waals surface area contributed by atoms with E-state index in [2.05, 4.69) is 4.98 Å². The van der Waals surface area contributed by atoms with Gasteiger partial charge in [-0.3, -0.25) is 9.78 Å². The molecule has 35 heavy (non-hydrogen) atoms. The lowest BCUT2D eigenvalue weighted by Gasteiger charge is -2.26. The number of aromatic nitrogens is 1. The Balaban J connectivity index is 1.72. The van der Waals surface area contributed by atoms with Crippen LogP contribution in [0.3, 0.4) is 0 Å². The van der Waals surface area contributed by atoms with Gasteiger partial charge in [-0.05, 0) is 43.7 Å². The number of aryl methyl sites for hydroxylation is 2. The fraction of sp³-hybridized carbons (Fsp3) is 0.185. The lowest BCUT2D eigenvalue weighted by atomic mass is 9.99. The molecule has 0 unspecified atom stereocenters. The van der Waals surface area contributed by atoms with E-state index < -0.39 is 18.4 Å². The molecule has 1 heterocycles. The molecule has 8 heteroatoms. The summed E-state index contributed by atoms with van der Waals surface area (Å²) in [4.78, 5) is 20.5. The quantitative estimate of drug-likeness (QED) is 0.252. The average molecular weight is 531 g/mol. The fourth-order valence-corrected chi connectivity index (χ4v) is 5.29. The summed E-state index contributed by atoms with van der Waals surface area (Å²) in [6.07, 6.45) is 1.58. The zero-order valence-electron chi connectivity index (χ0n) is 19.3. The molecule has 0 saturated heterocycles. The first-order valence-electron chi connectivity index (χ1n) is 10.8. The van der Waals surface area contributed by atoms with Crippen LogP contribution in [-0.2, 0) is 5.92 Å². The standard InChI is InChI=1S/C27H22Cl2F2N2OS/c1-16-8-10-20(17(2)12-16)27(30,31)15-33(3)26(34)25-19-6-4-5-7-23(19)32-14-24(25)35-18-9-11-21(28)22(29)13-18/h4-14H,15H2,1-3H3. The summed E-state index contributed by atoms with van der Waals surface area (Å²) >= 11 is 13.5. The van der Waals surface area contributed by atoms with Crippen LogP contribution in [-0.4, -0.2) is 29.4 Å². The van der Waals surface area contributed by atoms with Crippen molar-refractivity contribution in [2.75, 3.05) is 13.6 Å². The van der Waals surface area contributed by atoms with Gasteiger partial charge in [-0.25, -0.2) is 0 Å². The Morgan fingerprint density at radius 2 is 1.77 bits per heavy atom. The van der Waals surface area contributed by atoms with E-state index in [-0.39, 0.29) is 5.56 Å². The summed E-state index contributed by atoms with van der Waals surface area (Å²) in [6, 6.07) is 17.1. The second-order valence-electron chi connectivity index (χ2n) is 8.38. The van der Waals surface area contributed by atoms with Crippen LogP contribution in [0.1, 0.15) is 27.0 Å². The van der Waals surface area contributed by atoms with Crippen molar-refractivity contribution in [1.29, 1.82) is 0 Å². The van der Waals surface area contributed by atoms with Gasteiger partial charge in [0.1, 0.15) is 0 Å². The number of hydrogen-bond acceptors (Lipinski definition) is 3. The maximum absolute atomic E-state index is 15.3. The van der Waals surface area contributed by atoms with Crippen molar-refractivity contribution in [1.82, 2.24) is 9.88 Å². The Bertz CT molecular complexity index is 1430. The number of fused-ring (bicyclic) bond motifs is 1. The van der Waals surface area contributed by atoms with Gasteiger partial charge < -0.3 is 4.90 Å². The van der Waals surface area contributed by atoms with Crippen LogP contribution in [0.2, 0.25) is 10.0 Å². The fourth-order valence-electron chi connectivity index (χ4n) is 3.96. The van der Waals surface area contributed by atoms with E-state index in [0.29, 0.717) is 37.0 Å². The zero-order chi connectivity index (χ0) is 25.3. The van der Waals surface area contributed by atoms with E-state index in [4.69, 9.17) is 23.2 Å². The van der Waals surface area contributed by atoms with Crippen molar-refractivity contribution in [3.8, 4) is 0 Å². The molecule has 0 saturated carbocycles. The highest BCUT2D eigenvalue weighted by Crippen LogP contribution is 2.38. The summed E-state index contributed by atoms with van der Waals surface area (Å²) in [7, 11) is 1.39. The van der Waals surface area contributed by atoms with Gasteiger partial charge in [0, 0.05) is 34.0 Å². The first-order chi connectivity index (χ1) is 16.6. The van der Waals surface area contributed by atoms with Crippen LogP contribution in [0.4, 0.5) is 8.78 Å². The Morgan fingerprint density at radius 1 is 1.03 bits per heavy atom. The van der Waals surface area contributed by atoms with Crippen LogP contribution in [0, 0.1) is 13.8 Å². The average Bonchev–Trinajstić information content (AvgIpc) is 2.80. The molecule has 0 radical (unpaired) electrons. The summed E-state index contributed by atoms with van der Waals surface area (Å²) in [5, 5.41) is 1.38. The molecule has 0 aliphatic heterocycles. The predicted octanol–water partition coefficient (Wildman–Crippen LogP) is 8.17. The molecule has 0 aliphatic carbocycles. The molecular weight excluding hydrogens is 509 g/mol. The predicted molar refractivity (Wildman–Crippen MR) is 139 cm³/mol. The van der Waals surface area contributed by atoms with Gasteiger partial charge >= 0.3 is 0 Å². The maximum atomic E-state index is 15.3. The van der Waals surface area contributed by atoms with Gasteiger partial charge in [0.25, 0.3) is 11.8 Å². The van der Waals surface area contributed by atoms with E-state index in [1.807, 2.05) is 13.0 Å². The number of amides is 1. The zero-order valence-corrected chi connectivity index (χ0v) is 21.6. The maximum Gasteiger partial charge on any atom is 0.290 e. The molecule has 1 aromatic heterocycles. The highest BCUT2D eigenvalue weighted by molar-refractivity contribution is 7.99. The van der Waals surface area contributed by atoms with Crippen molar-refractivity contribution in [2.24, 2.45) is 0 Å². The van der Waals surface area contributed by atoms with Gasteiger partial charge in [0.05, 0.1) is 27.7 Å². The first-order valence-corrected chi connectivity index (χ1v) is 12.4. The molecule has 180 valence electrons. The second-order valence-corrected chi connectivity index (χ2v) is 10.3. The number of carbonyl (C=O) groups excluding carboxylic acids is 1. The lowest BCUT2D eigenvalue weighted by Crippen LogP contribution is -2.37. The van der Waals surface area contributed by atoms with Crippen molar-refractivity contribution in [3.05, 3.63) is 99.2 Å². The van der Waals surface area contributed by atoms with Crippen LogP contribution in [0.5, 0.6) is 0 Å². The minimum atomic E-state index is -3.22. The van der Waals surface area contributed by atoms with Gasteiger partial charge in [-0.1, -0.05) is 76.9 Å². The van der Waals surface area contributed by atoms with E-state index in [9.17, 15) is 4.79 Å². The van der Waals surface area contributed by atoms with Crippen LogP contribution in [0.15, 0.2) is 76.7 Å². The number of para-hydroxylation sites is 1. The van der Waals surface area contributed by atoms with Crippen molar-refractivity contribution in [2.45, 2.75) is 29.6 Å². The molecule has 0 bridgehead atoms. The number of carbonyl (C=O) groups is 1. The van der Waals surface area contributed by atoms with Crippen LogP contribution >= 0.6 is 35.0 Å². The largest absolute Gasteiger partial charge is 0.335 e. The molecule has 3 aromatic carbocycles. The van der Waals surface area contributed by atoms with Crippen molar-refractivity contribution in [3.63, 3.8) is 0 Å². The molecule has 0 spiro atoms. The Hall–Kier alpha value is -2.67. The summed E-state index contributed by atoms with van der Waals surface area (Å²) in [5.41, 5.74) is 2.21. The molecule has 0 atom stereocenters. The topological polar surface area (TPSA) is 33.2 Å². The monoisotopic (exact) mass is 530 g/mol. The SMILES string of the molecule is Cc1ccc(C(F)(F)CN(C)C(=O)c2c(Sc3ccc(Cl)c(Cl)c3)cnc3ccccc23)c(C)c1. The molecule has 4 rings (SSSR count). The first kappa shape index (κ1) is 25.4. The smallest absolute Gasteiger partial charge is 0.290 e. The van der Waals surface area contributed by atoms with Gasteiger partial charge in [-0.2, -0.15) is 8.78 Å². The third kappa shape index (κ3) is 5.45. The molecule has 0 fully saturated rings. The van der Waals surface area contributed by atoms with Gasteiger partial charge in [0.15, 0.2) is 0 Å². The number of rotatable bonds is 6.